The summed E-state index contributed by atoms with van der Waals surface area (Å²) >= 11 is 0. The molecule has 0 aromatic carbocycles. The summed E-state index contributed by atoms with van der Waals surface area (Å²) < 4.78 is 5.42. The molecular weight excluding hydrogens is 138 g/mol. The average Bonchev–Trinajstić information content (AvgIpc) is 2.70. The summed E-state index contributed by atoms with van der Waals surface area (Å²) in [4.78, 5) is 0. The maximum atomic E-state index is 5.42. The van der Waals surface area contributed by atoms with E-state index in [2.05, 4.69) is 12.2 Å². The van der Waals surface area contributed by atoms with Crippen molar-refractivity contribution >= 4 is 0 Å². The van der Waals surface area contributed by atoms with Gasteiger partial charge >= 0.3 is 0 Å². The largest absolute Gasteiger partial charge is 0.467 e. The minimum absolute atomic E-state index is 0.188. The van der Waals surface area contributed by atoms with Crippen molar-refractivity contribution in [2.75, 3.05) is 7.05 Å². The summed E-state index contributed by atoms with van der Waals surface area (Å²) in [7, 11) is 2.00. The van der Waals surface area contributed by atoms with E-state index in [0.717, 1.165) is 5.76 Å². The zero-order valence-electron chi connectivity index (χ0n) is 6.98. The van der Waals surface area contributed by atoms with Crippen LogP contribution in [0.2, 0.25) is 0 Å². The molecule has 0 amide bonds. The second kappa shape index (κ2) is 2.11. The van der Waals surface area contributed by atoms with Crippen molar-refractivity contribution in [1.82, 2.24) is 5.32 Å². The number of hydrogen-bond donors (Lipinski definition) is 1. The van der Waals surface area contributed by atoms with Crippen LogP contribution in [0, 0.1) is 6.92 Å². The second-order valence-electron chi connectivity index (χ2n) is 3.26. The zero-order valence-corrected chi connectivity index (χ0v) is 6.98. The van der Waals surface area contributed by atoms with Crippen molar-refractivity contribution < 1.29 is 4.42 Å². The summed E-state index contributed by atoms with van der Waals surface area (Å²) in [5.41, 5.74) is 1.45. The molecule has 1 aliphatic rings. The van der Waals surface area contributed by atoms with Gasteiger partial charge in [0.05, 0.1) is 11.8 Å². The van der Waals surface area contributed by atoms with Crippen LogP contribution >= 0.6 is 0 Å². The van der Waals surface area contributed by atoms with Gasteiger partial charge in [-0.3, -0.25) is 0 Å². The third-order valence-corrected chi connectivity index (χ3v) is 2.53. The smallest absolute Gasteiger partial charge is 0.126 e. The van der Waals surface area contributed by atoms with Gasteiger partial charge in [0, 0.05) is 0 Å². The lowest BCUT2D eigenvalue weighted by atomic mass is 10.1. The number of nitrogens with one attached hydrogen (secondary N) is 1. The highest BCUT2D eigenvalue weighted by molar-refractivity contribution is 5.28. The third-order valence-electron chi connectivity index (χ3n) is 2.53. The van der Waals surface area contributed by atoms with Crippen LogP contribution in [0.3, 0.4) is 0 Å². The first-order chi connectivity index (χ1) is 5.28. The third kappa shape index (κ3) is 0.897. The fraction of sp³-hybridized carbons (Fsp3) is 0.556. The van der Waals surface area contributed by atoms with Gasteiger partial charge in [-0.1, -0.05) is 0 Å². The Morgan fingerprint density at radius 2 is 2.27 bits per heavy atom. The molecule has 11 heavy (non-hydrogen) atoms. The van der Waals surface area contributed by atoms with Crippen molar-refractivity contribution in [2.45, 2.75) is 25.3 Å². The molecule has 2 nitrogen and oxygen atoms in total. The maximum Gasteiger partial charge on any atom is 0.126 e. The van der Waals surface area contributed by atoms with Crippen LogP contribution in [0.4, 0.5) is 0 Å². The normalized spacial score (nSPS) is 20.2. The van der Waals surface area contributed by atoms with E-state index in [-0.39, 0.29) is 5.54 Å². The molecule has 1 aromatic rings. The second-order valence-corrected chi connectivity index (χ2v) is 3.26. The van der Waals surface area contributed by atoms with Gasteiger partial charge in [0.15, 0.2) is 0 Å². The molecule has 0 saturated heterocycles. The topological polar surface area (TPSA) is 25.2 Å². The average molecular weight is 151 g/mol. The Hall–Kier alpha value is -0.760. The Morgan fingerprint density at radius 3 is 2.64 bits per heavy atom. The van der Waals surface area contributed by atoms with E-state index in [1.807, 2.05) is 13.1 Å². The Morgan fingerprint density at radius 1 is 1.55 bits per heavy atom. The first kappa shape index (κ1) is 6.92. The van der Waals surface area contributed by atoms with Crippen LogP contribution < -0.4 is 5.32 Å². The van der Waals surface area contributed by atoms with E-state index in [1.54, 1.807) is 6.26 Å². The molecule has 1 heterocycles. The lowest BCUT2D eigenvalue weighted by Gasteiger charge is -2.11. The molecule has 1 N–H and O–H groups in total. The van der Waals surface area contributed by atoms with Crippen LogP contribution in [-0.4, -0.2) is 7.05 Å². The summed E-state index contributed by atoms with van der Waals surface area (Å²) in [6, 6.07) is 2.02. The summed E-state index contributed by atoms with van der Waals surface area (Å²) in [6.07, 6.45) is 4.18. The molecule has 0 unspecified atom stereocenters. The Bertz CT molecular complexity index is 260. The van der Waals surface area contributed by atoms with E-state index in [1.165, 1.54) is 18.4 Å². The molecule has 0 aliphatic heterocycles. The molecule has 2 rings (SSSR count). The molecule has 0 radical (unpaired) electrons. The quantitative estimate of drug-likeness (QED) is 0.697. The highest BCUT2D eigenvalue weighted by Crippen LogP contribution is 2.46. The SMILES string of the molecule is CNC1(c2occc2C)CC1. The first-order valence-corrected chi connectivity index (χ1v) is 4.02. The van der Waals surface area contributed by atoms with Crippen LogP contribution in [-0.2, 0) is 5.54 Å². The number of furan rings is 1. The van der Waals surface area contributed by atoms with Gasteiger partial charge in [0.1, 0.15) is 5.76 Å². The zero-order chi connectivity index (χ0) is 7.90. The standard InChI is InChI=1S/C9H13NO/c1-7-3-6-11-8(7)9(10-2)4-5-9/h3,6,10H,4-5H2,1-2H3. The molecule has 1 saturated carbocycles. The van der Waals surface area contributed by atoms with Crippen molar-refractivity contribution in [1.29, 1.82) is 0 Å². The van der Waals surface area contributed by atoms with E-state index in [9.17, 15) is 0 Å². The van der Waals surface area contributed by atoms with Crippen molar-refractivity contribution in [3.63, 3.8) is 0 Å². The van der Waals surface area contributed by atoms with E-state index in [0.29, 0.717) is 0 Å². The predicted octanol–water partition coefficient (Wildman–Crippen LogP) is 1.80. The van der Waals surface area contributed by atoms with E-state index >= 15 is 0 Å². The minimum Gasteiger partial charge on any atom is -0.467 e. The summed E-state index contributed by atoms with van der Waals surface area (Å²) in [6.45, 7) is 2.09. The van der Waals surface area contributed by atoms with E-state index < -0.39 is 0 Å². The van der Waals surface area contributed by atoms with Crippen molar-refractivity contribution in [3.05, 3.63) is 23.7 Å². The molecule has 0 atom stereocenters. The lowest BCUT2D eigenvalue weighted by Crippen LogP contribution is -2.24. The summed E-state index contributed by atoms with van der Waals surface area (Å²) in [5, 5.41) is 3.30. The highest BCUT2D eigenvalue weighted by atomic mass is 16.3. The van der Waals surface area contributed by atoms with Crippen molar-refractivity contribution in [3.8, 4) is 0 Å². The fourth-order valence-corrected chi connectivity index (χ4v) is 1.58. The van der Waals surface area contributed by atoms with Crippen LogP contribution in [0.25, 0.3) is 0 Å². The molecule has 1 aromatic heterocycles. The van der Waals surface area contributed by atoms with Gasteiger partial charge in [-0.25, -0.2) is 0 Å². The Balaban J connectivity index is 2.35. The van der Waals surface area contributed by atoms with Gasteiger partial charge in [0.2, 0.25) is 0 Å². The predicted molar refractivity (Wildman–Crippen MR) is 43.4 cm³/mol. The molecule has 2 heteroatoms. The number of rotatable bonds is 2. The molecule has 0 spiro atoms. The van der Waals surface area contributed by atoms with Gasteiger partial charge in [-0.15, -0.1) is 0 Å². The van der Waals surface area contributed by atoms with Gasteiger partial charge in [-0.2, -0.15) is 0 Å². The van der Waals surface area contributed by atoms with Gasteiger partial charge in [-0.05, 0) is 38.4 Å². The van der Waals surface area contributed by atoms with Gasteiger partial charge < -0.3 is 9.73 Å². The first-order valence-electron chi connectivity index (χ1n) is 4.02. The minimum atomic E-state index is 0.188. The monoisotopic (exact) mass is 151 g/mol. The lowest BCUT2D eigenvalue weighted by molar-refractivity contribution is 0.415. The van der Waals surface area contributed by atoms with Crippen LogP contribution in [0.5, 0.6) is 0 Å². The molecule has 1 aliphatic carbocycles. The molecule has 1 fully saturated rings. The molecular formula is C9H13NO. The summed E-state index contributed by atoms with van der Waals surface area (Å²) in [5.74, 6) is 1.13. The Labute approximate surface area is 66.6 Å². The van der Waals surface area contributed by atoms with Crippen LogP contribution in [0.1, 0.15) is 24.2 Å². The van der Waals surface area contributed by atoms with Crippen LogP contribution in [0.15, 0.2) is 16.7 Å². The molecule has 60 valence electrons. The Kier molecular flexibility index (Phi) is 1.33. The number of aryl methyl sites for hydroxylation is 1. The number of hydrogen-bond acceptors (Lipinski definition) is 2. The van der Waals surface area contributed by atoms with Crippen molar-refractivity contribution in [2.24, 2.45) is 0 Å². The molecule has 0 bridgehead atoms. The highest BCUT2D eigenvalue weighted by Gasteiger charge is 2.46. The van der Waals surface area contributed by atoms with Gasteiger partial charge in [0.25, 0.3) is 0 Å². The maximum absolute atomic E-state index is 5.42. The fourth-order valence-electron chi connectivity index (χ4n) is 1.58. The van der Waals surface area contributed by atoms with E-state index in [4.69, 9.17) is 4.42 Å².